The van der Waals surface area contributed by atoms with E-state index in [-0.39, 0.29) is 6.04 Å². The van der Waals surface area contributed by atoms with Crippen molar-refractivity contribution in [3.05, 3.63) is 30.1 Å². The van der Waals surface area contributed by atoms with Gasteiger partial charge in [-0.25, -0.2) is 0 Å². The fourth-order valence-corrected chi connectivity index (χ4v) is 2.44. The maximum Gasteiger partial charge on any atom is 0.257 e. The minimum atomic E-state index is 0.166. The van der Waals surface area contributed by atoms with Crippen LogP contribution in [0.4, 0.5) is 0 Å². The first-order chi connectivity index (χ1) is 10.3. The lowest BCUT2D eigenvalue weighted by Gasteiger charge is -2.30. The molecule has 2 heterocycles. The molecule has 0 amide bonds. The highest BCUT2D eigenvalue weighted by Gasteiger charge is 2.25. The first-order valence-electron chi connectivity index (χ1n) is 7.25. The van der Waals surface area contributed by atoms with Crippen LogP contribution >= 0.6 is 0 Å². The average Bonchev–Trinajstić information content (AvgIpc) is 2.98. The van der Waals surface area contributed by atoms with Gasteiger partial charge in [0.25, 0.3) is 5.89 Å². The molecule has 0 bridgehead atoms. The Morgan fingerprint density at radius 3 is 2.90 bits per heavy atom. The minimum Gasteiger partial charge on any atom is -0.494 e. The van der Waals surface area contributed by atoms with Gasteiger partial charge in [0.2, 0.25) is 0 Å². The van der Waals surface area contributed by atoms with Gasteiger partial charge >= 0.3 is 0 Å². The number of benzene rings is 1. The second kappa shape index (κ2) is 6.24. The second-order valence-electron chi connectivity index (χ2n) is 5.12. The van der Waals surface area contributed by atoms with Crippen LogP contribution < -0.4 is 10.1 Å². The molecule has 112 valence electrons. The van der Waals surface area contributed by atoms with E-state index in [1.807, 2.05) is 31.2 Å². The molecule has 1 aromatic carbocycles. The maximum atomic E-state index is 5.43. The zero-order valence-corrected chi connectivity index (χ0v) is 12.4. The van der Waals surface area contributed by atoms with E-state index < -0.39 is 0 Å². The van der Waals surface area contributed by atoms with Crippen LogP contribution in [0.5, 0.6) is 5.75 Å². The van der Waals surface area contributed by atoms with Crippen molar-refractivity contribution in [3.8, 4) is 17.2 Å². The molecule has 6 heteroatoms. The van der Waals surface area contributed by atoms with Crippen molar-refractivity contribution in [1.82, 2.24) is 20.4 Å². The fraction of sp³-hybridized carbons (Fsp3) is 0.467. The van der Waals surface area contributed by atoms with E-state index in [0.717, 1.165) is 36.8 Å². The Balaban J connectivity index is 1.77. The number of rotatable bonds is 4. The normalized spacial score (nSPS) is 19.6. The van der Waals surface area contributed by atoms with E-state index in [4.69, 9.17) is 9.26 Å². The van der Waals surface area contributed by atoms with Crippen molar-refractivity contribution in [2.24, 2.45) is 0 Å². The van der Waals surface area contributed by atoms with Crippen LogP contribution in [0.25, 0.3) is 11.5 Å². The smallest absolute Gasteiger partial charge is 0.257 e. The van der Waals surface area contributed by atoms with E-state index in [1.165, 1.54) is 0 Å². The van der Waals surface area contributed by atoms with E-state index in [0.29, 0.717) is 12.5 Å². The molecule has 0 spiro atoms. The van der Waals surface area contributed by atoms with Gasteiger partial charge in [-0.3, -0.25) is 4.90 Å². The first kappa shape index (κ1) is 14.0. The summed E-state index contributed by atoms with van der Waals surface area (Å²) in [4.78, 5) is 6.77. The molecule has 1 aliphatic rings. The van der Waals surface area contributed by atoms with Crippen LogP contribution in [0.15, 0.2) is 28.8 Å². The molecule has 1 saturated heterocycles. The zero-order chi connectivity index (χ0) is 14.7. The van der Waals surface area contributed by atoms with Crippen molar-refractivity contribution in [3.63, 3.8) is 0 Å². The SMILES string of the molecule is CCOc1ccc(-c2nc(C3CNCCN3C)no2)cc1. The number of nitrogens with one attached hydrogen (secondary N) is 1. The number of nitrogens with zero attached hydrogens (tertiary/aromatic N) is 3. The van der Waals surface area contributed by atoms with Crippen LogP contribution in [0.1, 0.15) is 18.8 Å². The van der Waals surface area contributed by atoms with Gasteiger partial charge < -0.3 is 14.6 Å². The van der Waals surface area contributed by atoms with E-state index in [9.17, 15) is 0 Å². The highest BCUT2D eigenvalue weighted by molar-refractivity contribution is 5.54. The molecule has 0 radical (unpaired) electrons. The molecule has 0 aliphatic carbocycles. The summed E-state index contributed by atoms with van der Waals surface area (Å²) in [6.45, 7) is 5.45. The molecular weight excluding hydrogens is 268 g/mol. The predicted molar refractivity (Wildman–Crippen MR) is 79.1 cm³/mol. The summed E-state index contributed by atoms with van der Waals surface area (Å²) in [5, 5.41) is 7.48. The van der Waals surface area contributed by atoms with Crippen molar-refractivity contribution in [2.45, 2.75) is 13.0 Å². The Labute approximate surface area is 124 Å². The number of hydrogen-bond donors (Lipinski definition) is 1. The Kier molecular flexibility index (Phi) is 4.17. The van der Waals surface area contributed by atoms with Crippen LogP contribution in [0.2, 0.25) is 0 Å². The standard InChI is InChI=1S/C15H20N4O2/c1-3-20-12-6-4-11(5-7-12)15-17-14(18-21-15)13-10-16-8-9-19(13)2/h4-7,13,16H,3,8-10H2,1-2H3. The lowest BCUT2D eigenvalue weighted by molar-refractivity contribution is 0.190. The monoisotopic (exact) mass is 288 g/mol. The summed E-state index contributed by atoms with van der Waals surface area (Å²) in [5.41, 5.74) is 0.906. The lowest BCUT2D eigenvalue weighted by atomic mass is 10.2. The molecule has 1 atom stereocenters. The van der Waals surface area contributed by atoms with Gasteiger partial charge in [0.05, 0.1) is 12.6 Å². The Bertz CT molecular complexity index is 582. The predicted octanol–water partition coefficient (Wildman–Crippen LogP) is 1.71. The van der Waals surface area contributed by atoms with E-state index in [2.05, 4.69) is 27.4 Å². The van der Waals surface area contributed by atoms with E-state index >= 15 is 0 Å². The van der Waals surface area contributed by atoms with Crippen LogP contribution in [0.3, 0.4) is 0 Å². The zero-order valence-electron chi connectivity index (χ0n) is 12.4. The van der Waals surface area contributed by atoms with Crippen LogP contribution in [0, 0.1) is 0 Å². The van der Waals surface area contributed by atoms with Gasteiger partial charge in [0.15, 0.2) is 5.82 Å². The Morgan fingerprint density at radius 2 is 2.19 bits per heavy atom. The van der Waals surface area contributed by atoms with Gasteiger partial charge in [0, 0.05) is 25.2 Å². The van der Waals surface area contributed by atoms with Crippen molar-refractivity contribution in [2.75, 3.05) is 33.3 Å². The van der Waals surface area contributed by atoms with Crippen LogP contribution in [-0.2, 0) is 0 Å². The summed E-state index contributed by atoms with van der Waals surface area (Å²) >= 11 is 0. The van der Waals surface area contributed by atoms with E-state index in [1.54, 1.807) is 0 Å². The van der Waals surface area contributed by atoms with Gasteiger partial charge in [-0.2, -0.15) is 4.98 Å². The highest BCUT2D eigenvalue weighted by Crippen LogP contribution is 2.24. The summed E-state index contributed by atoms with van der Waals surface area (Å²) in [6.07, 6.45) is 0. The molecule has 6 nitrogen and oxygen atoms in total. The average molecular weight is 288 g/mol. The largest absolute Gasteiger partial charge is 0.494 e. The molecular formula is C15H20N4O2. The molecule has 2 aromatic rings. The number of aromatic nitrogens is 2. The molecule has 1 aliphatic heterocycles. The van der Waals surface area contributed by atoms with Gasteiger partial charge in [-0.15, -0.1) is 0 Å². The number of hydrogen-bond acceptors (Lipinski definition) is 6. The van der Waals surface area contributed by atoms with Crippen LogP contribution in [-0.4, -0.2) is 48.3 Å². The van der Waals surface area contributed by atoms with Gasteiger partial charge in [-0.1, -0.05) is 5.16 Å². The molecule has 1 fully saturated rings. The Hall–Kier alpha value is -1.92. The fourth-order valence-electron chi connectivity index (χ4n) is 2.44. The summed E-state index contributed by atoms with van der Waals surface area (Å²) in [7, 11) is 2.08. The Morgan fingerprint density at radius 1 is 1.38 bits per heavy atom. The topological polar surface area (TPSA) is 63.4 Å². The first-order valence-corrected chi connectivity index (χ1v) is 7.25. The number of piperazine rings is 1. The molecule has 1 aromatic heterocycles. The maximum absolute atomic E-state index is 5.43. The highest BCUT2D eigenvalue weighted by atomic mass is 16.5. The molecule has 1 unspecified atom stereocenters. The van der Waals surface area contributed by atoms with Crippen molar-refractivity contribution in [1.29, 1.82) is 0 Å². The third-order valence-corrected chi connectivity index (χ3v) is 3.66. The van der Waals surface area contributed by atoms with Gasteiger partial charge in [0.1, 0.15) is 5.75 Å². The number of ether oxygens (including phenoxy) is 1. The molecule has 21 heavy (non-hydrogen) atoms. The third-order valence-electron chi connectivity index (χ3n) is 3.66. The third kappa shape index (κ3) is 3.06. The molecule has 3 rings (SSSR count). The van der Waals surface area contributed by atoms with Crippen molar-refractivity contribution >= 4 is 0 Å². The lowest BCUT2D eigenvalue weighted by Crippen LogP contribution is -2.44. The van der Waals surface area contributed by atoms with Gasteiger partial charge in [-0.05, 0) is 38.2 Å². The summed E-state index contributed by atoms with van der Waals surface area (Å²) in [5.74, 6) is 2.12. The summed E-state index contributed by atoms with van der Waals surface area (Å²) in [6, 6.07) is 7.86. The quantitative estimate of drug-likeness (QED) is 0.924. The molecule has 0 saturated carbocycles. The minimum absolute atomic E-state index is 0.166. The van der Waals surface area contributed by atoms with Crippen molar-refractivity contribution < 1.29 is 9.26 Å². The second-order valence-corrected chi connectivity index (χ2v) is 5.12. The summed E-state index contributed by atoms with van der Waals surface area (Å²) < 4.78 is 10.8. The molecule has 1 N–H and O–H groups in total. The number of likely N-dealkylation sites (N-methyl/N-ethyl adjacent to an activating group) is 1.